The molecule has 2 heterocycles. The minimum atomic E-state index is -0.123. The molecule has 100 valence electrons. The second-order valence-electron chi connectivity index (χ2n) is 4.44. The molecule has 1 amide bonds. The fourth-order valence-corrected chi connectivity index (χ4v) is 2.15. The van der Waals surface area contributed by atoms with Crippen LogP contribution in [0.25, 0.3) is 0 Å². The molecule has 5 nitrogen and oxygen atoms in total. The monoisotopic (exact) mass is 271 g/mol. The standard InChI is InChI=1S/C12H18ClN3O2/c1-9(16-2-4-18-5-3-16)7-15-12(17)11-6-10(13)8-14-11/h6,8-9,14H,2-5,7H2,1H3,(H,15,17). The van der Waals surface area contributed by atoms with Crippen LogP contribution in [0.2, 0.25) is 5.02 Å². The molecule has 0 aliphatic carbocycles. The van der Waals surface area contributed by atoms with E-state index >= 15 is 0 Å². The van der Waals surface area contributed by atoms with E-state index in [2.05, 4.69) is 22.1 Å². The Hall–Kier alpha value is -1.04. The van der Waals surface area contributed by atoms with E-state index in [1.165, 1.54) is 0 Å². The average Bonchev–Trinajstić information content (AvgIpc) is 2.83. The van der Waals surface area contributed by atoms with Gasteiger partial charge < -0.3 is 15.0 Å². The third kappa shape index (κ3) is 3.48. The predicted molar refractivity (Wildman–Crippen MR) is 70.0 cm³/mol. The van der Waals surface area contributed by atoms with Gasteiger partial charge in [0.1, 0.15) is 5.69 Å². The molecule has 1 unspecified atom stereocenters. The topological polar surface area (TPSA) is 57.4 Å². The lowest BCUT2D eigenvalue weighted by molar-refractivity contribution is 0.0204. The summed E-state index contributed by atoms with van der Waals surface area (Å²) < 4.78 is 5.30. The molecule has 1 atom stereocenters. The van der Waals surface area contributed by atoms with Gasteiger partial charge in [0.25, 0.3) is 5.91 Å². The molecular weight excluding hydrogens is 254 g/mol. The SMILES string of the molecule is CC(CNC(=O)c1cc(Cl)c[nH]1)N1CCOCC1. The normalized spacial score (nSPS) is 18.6. The maximum absolute atomic E-state index is 11.8. The first-order valence-corrected chi connectivity index (χ1v) is 6.48. The van der Waals surface area contributed by atoms with Crippen molar-refractivity contribution in [3.05, 3.63) is 23.0 Å². The number of carbonyl (C=O) groups excluding carboxylic acids is 1. The molecule has 2 N–H and O–H groups in total. The van der Waals surface area contributed by atoms with Gasteiger partial charge in [0.2, 0.25) is 0 Å². The van der Waals surface area contributed by atoms with E-state index in [4.69, 9.17) is 16.3 Å². The summed E-state index contributed by atoms with van der Waals surface area (Å²) >= 11 is 5.76. The number of H-pyrrole nitrogens is 1. The maximum Gasteiger partial charge on any atom is 0.267 e. The smallest absolute Gasteiger partial charge is 0.267 e. The van der Waals surface area contributed by atoms with Gasteiger partial charge in [-0.3, -0.25) is 9.69 Å². The number of aromatic nitrogens is 1. The number of aromatic amines is 1. The molecule has 18 heavy (non-hydrogen) atoms. The van der Waals surface area contributed by atoms with Crippen molar-refractivity contribution in [2.45, 2.75) is 13.0 Å². The van der Waals surface area contributed by atoms with Crippen LogP contribution in [0.15, 0.2) is 12.3 Å². The van der Waals surface area contributed by atoms with Crippen LogP contribution in [0.1, 0.15) is 17.4 Å². The zero-order valence-electron chi connectivity index (χ0n) is 10.4. The summed E-state index contributed by atoms with van der Waals surface area (Å²) in [5.41, 5.74) is 0.495. The molecule has 6 heteroatoms. The molecule has 1 aliphatic heterocycles. The van der Waals surface area contributed by atoms with Crippen LogP contribution in [-0.4, -0.2) is 54.7 Å². The Morgan fingerprint density at radius 3 is 2.94 bits per heavy atom. The van der Waals surface area contributed by atoms with Crippen LogP contribution >= 0.6 is 11.6 Å². The van der Waals surface area contributed by atoms with Crippen molar-refractivity contribution < 1.29 is 9.53 Å². The van der Waals surface area contributed by atoms with Crippen LogP contribution in [-0.2, 0) is 4.74 Å². The number of hydrogen-bond acceptors (Lipinski definition) is 3. The molecule has 0 saturated carbocycles. The minimum Gasteiger partial charge on any atom is -0.379 e. The summed E-state index contributed by atoms with van der Waals surface area (Å²) in [4.78, 5) is 16.9. The van der Waals surface area contributed by atoms with Gasteiger partial charge in [0.15, 0.2) is 0 Å². The first-order valence-electron chi connectivity index (χ1n) is 6.10. The first-order chi connectivity index (χ1) is 8.66. The summed E-state index contributed by atoms with van der Waals surface area (Å²) in [5.74, 6) is -0.123. The number of amides is 1. The quantitative estimate of drug-likeness (QED) is 0.863. The van der Waals surface area contributed by atoms with Gasteiger partial charge in [-0.1, -0.05) is 11.6 Å². The minimum absolute atomic E-state index is 0.123. The maximum atomic E-state index is 11.8. The number of nitrogens with one attached hydrogen (secondary N) is 2. The Morgan fingerprint density at radius 1 is 1.61 bits per heavy atom. The van der Waals surface area contributed by atoms with Crippen molar-refractivity contribution in [3.63, 3.8) is 0 Å². The molecule has 0 spiro atoms. The fraction of sp³-hybridized carbons (Fsp3) is 0.583. The van der Waals surface area contributed by atoms with Crippen molar-refractivity contribution >= 4 is 17.5 Å². The van der Waals surface area contributed by atoms with Gasteiger partial charge in [0, 0.05) is 31.9 Å². The molecule has 1 aromatic heterocycles. The number of halogens is 1. The van der Waals surface area contributed by atoms with E-state index in [0.29, 0.717) is 23.3 Å². The number of carbonyl (C=O) groups is 1. The van der Waals surface area contributed by atoms with Crippen LogP contribution in [0.5, 0.6) is 0 Å². The highest BCUT2D eigenvalue weighted by Crippen LogP contribution is 2.09. The Kier molecular flexibility index (Phi) is 4.63. The Morgan fingerprint density at radius 2 is 2.33 bits per heavy atom. The van der Waals surface area contributed by atoms with E-state index in [-0.39, 0.29) is 5.91 Å². The van der Waals surface area contributed by atoms with Crippen molar-refractivity contribution in [1.82, 2.24) is 15.2 Å². The summed E-state index contributed by atoms with van der Waals surface area (Å²) in [6.45, 7) is 6.11. The molecule has 1 saturated heterocycles. The molecule has 1 aromatic rings. The summed E-state index contributed by atoms with van der Waals surface area (Å²) in [5, 5.41) is 3.44. The second-order valence-corrected chi connectivity index (χ2v) is 4.88. The van der Waals surface area contributed by atoms with Crippen molar-refractivity contribution in [2.75, 3.05) is 32.8 Å². The van der Waals surface area contributed by atoms with E-state index in [9.17, 15) is 4.79 Å². The lowest BCUT2D eigenvalue weighted by Crippen LogP contribution is -2.47. The summed E-state index contributed by atoms with van der Waals surface area (Å²) in [7, 11) is 0. The largest absolute Gasteiger partial charge is 0.379 e. The number of hydrogen-bond donors (Lipinski definition) is 2. The van der Waals surface area contributed by atoms with E-state index in [1.807, 2.05) is 0 Å². The molecule has 0 bridgehead atoms. The van der Waals surface area contributed by atoms with Gasteiger partial charge in [-0.25, -0.2) is 0 Å². The number of nitrogens with zero attached hydrogens (tertiary/aromatic N) is 1. The van der Waals surface area contributed by atoms with Crippen LogP contribution < -0.4 is 5.32 Å². The van der Waals surface area contributed by atoms with E-state index in [0.717, 1.165) is 26.3 Å². The first kappa shape index (κ1) is 13.4. The summed E-state index contributed by atoms with van der Waals surface area (Å²) in [6.07, 6.45) is 1.60. The molecule has 0 radical (unpaired) electrons. The Bertz CT molecular complexity index is 402. The molecule has 1 fully saturated rings. The van der Waals surface area contributed by atoms with Crippen molar-refractivity contribution in [2.24, 2.45) is 0 Å². The average molecular weight is 272 g/mol. The van der Waals surface area contributed by atoms with Gasteiger partial charge in [-0.2, -0.15) is 0 Å². The van der Waals surface area contributed by atoms with Crippen molar-refractivity contribution in [3.8, 4) is 0 Å². The molecule has 0 aromatic carbocycles. The number of ether oxygens (including phenoxy) is 1. The zero-order chi connectivity index (χ0) is 13.0. The molecular formula is C12H18ClN3O2. The zero-order valence-corrected chi connectivity index (χ0v) is 11.2. The van der Waals surface area contributed by atoms with Gasteiger partial charge >= 0.3 is 0 Å². The highest BCUT2D eigenvalue weighted by molar-refractivity contribution is 6.30. The van der Waals surface area contributed by atoms with Gasteiger partial charge in [-0.15, -0.1) is 0 Å². The summed E-state index contributed by atoms with van der Waals surface area (Å²) in [6, 6.07) is 1.93. The molecule has 2 rings (SSSR count). The number of morpholine rings is 1. The Labute approximate surface area is 111 Å². The van der Waals surface area contributed by atoms with Gasteiger partial charge in [0.05, 0.1) is 18.2 Å². The van der Waals surface area contributed by atoms with Crippen LogP contribution in [0.3, 0.4) is 0 Å². The van der Waals surface area contributed by atoms with Crippen molar-refractivity contribution in [1.29, 1.82) is 0 Å². The van der Waals surface area contributed by atoms with E-state index < -0.39 is 0 Å². The molecule has 1 aliphatic rings. The highest BCUT2D eigenvalue weighted by Gasteiger charge is 2.18. The third-order valence-corrected chi connectivity index (χ3v) is 3.34. The predicted octanol–water partition coefficient (Wildman–Crippen LogP) is 1.12. The second kappa shape index (κ2) is 6.22. The lowest BCUT2D eigenvalue weighted by Gasteiger charge is -2.32. The number of rotatable bonds is 4. The lowest BCUT2D eigenvalue weighted by atomic mass is 10.2. The van der Waals surface area contributed by atoms with Crippen LogP contribution in [0, 0.1) is 0 Å². The third-order valence-electron chi connectivity index (χ3n) is 3.12. The Balaban J connectivity index is 1.78. The highest BCUT2D eigenvalue weighted by atomic mass is 35.5. The van der Waals surface area contributed by atoms with E-state index in [1.54, 1.807) is 12.3 Å². The van der Waals surface area contributed by atoms with Crippen LogP contribution in [0.4, 0.5) is 0 Å². The fourth-order valence-electron chi connectivity index (χ4n) is 1.98. The van der Waals surface area contributed by atoms with Gasteiger partial charge in [-0.05, 0) is 13.0 Å².